The molecule has 2 aromatic carbocycles. The maximum Gasteiger partial charge on any atom is 0.416 e. The molecule has 5 nitrogen and oxygen atoms in total. The average molecular weight is 517 g/mol. The lowest BCUT2D eigenvalue weighted by molar-refractivity contribution is -0.139. The molecule has 0 radical (unpaired) electrons. The molecule has 3 aromatic rings. The van der Waals surface area contributed by atoms with Gasteiger partial charge in [-0.15, -0.1) is 11.8 Å². The number of carboxylic acid groups (broad SMARTS) is 1. The number of aromatic nitrogens is 2. The summed E-state index contributed by atoms with van der Waals surface area (Å²) in [5, 5.41) is 8.96. The lowest BCUT2D eigenvalue weighted by Crippen LogP contribution is -2.10. The summed E-state index contributed by atoms with van der Waals surface area (Å²) >= 11 is 1.70. The number of carbonyl (C=O) groups is 1. The van der Waals surface area contributed by atoms with Crippen molar-refractivity contribution in [2.45, 2.75) is 61.8 Å². The van der Waals surface area contributed by atoms with Gasteiger partial charge in [0.25, 0.3) is 0 Å². The Morgan fingerprint density at radius 2 is 1.92 bits per heavy atom. The van der Waals surface area contributed by atoms with Gasteiger partial charge in [0.05, 0.1) is 11.3 Å². The average Bonchev–Trinajstić information content (AvgIpc) is 3.68. The van der Waals surface area contributed by atoms with Crippen LogP contribution in [0, 0.1) is 6.92 Å². The number of hydrogen-bond acceptors (Lipinski definition) is 5. The lowest BCUT2D eigenvalue weighted by atomic mass is 10.0. The summed E-state index contributed by atoms with van der Waals surface area (Å²) in [6.45, 7) is 3.61. The van der Waals surface area contributed by atoms with E-state index in [1.165, 1.54) is 12.1 Å². The molecule has 1 atom stereocenters. The van der Waals surface area contributed by atoms with Gasteiger partial charge in [0.15, 0.2) is 12.4 Å². The van der Waals surface area contributed by atoms with E-state index in [1.54, 1.807) is 17.8 Å². The first-order valence-corrected chi connectivity index (χ1v) is 12.7. The molecule has 36 heavy (non-hydrogen) atoms. The molecule has 0 spiro atoms. The maximum atomic E-state index is 12.9. The number of nitrogens with zero attached hydrogens (tertiary/aromatic N) is 2. The van der Waals surface area contributed by atoms with Crippen LogP contribution in [-0.2, 0) is 11.0 Å². The molecule has 1 aliphatic rings. The van der Waals surface area contributed by atoms with Crippen LogP contribution in [-0.4, -0.2) is 27.7 Å². The summed E-state index contributed by atoms with van der Waals surface area (Å²) < 4.78 is 44.2. The van der Waals surface area contributed by atoms with Gasteiger partial charge in [0.2, 0.25) is 0 Å². The SMILES string of the molecule is CCCC(Sc1ccc(OCC(=O)O)c(C)c1)c1cnc(-c2ccc(C(F)(F)F)cc2)nc1C1CC1. The van der Waals surface area contributed by atoms with E-state index in [-0.39, 0.29) is 11.9 Å². The number of ether oxygens (including phenoxy) is 1. The van der Waals surface area contributed by atoms with E-state index in [9.17, 15) is 18.0 Å². The van der Waals surface area contributed by atoms with Crippen LogP contribution in [0.1, 0.15) is 66.2 Å². The number of rotatable bonds is 10. The molecular weight excluding hydrogens is 489 g/mol. The van der Waals surface area contributed by atoms with Crippen molar-refractivity contribution in [3.8, 4) is 17.1 Å². The molecule has 1 N–H and O–H groups in total. The van der Waals surface area contributed by atoms with Crippen molar-refractivity contribution in [3.05, 3.63) is 71.0 Å². The zero-order valence-electron chi connectivity index (χ0n) is 20.0. The first-order valence-electron chi connectivity index (χ1n) is 11.8. The van der Waals surface area contributed by atoms with E-state index in [1.807, 2.05) is 25.3 Å². The molecule has 1 aromatic heterocycles. The Morgan fingerprint density at radius 1 is 1.19 bits per heavy atom. The van der Waals surface area contributed by atoms with Gasteiger partial charge >= 0.3 is 12.1 Å². The maximum absolute atomic E-state index is 12.9. The minimum absolute atomic E-state index is 0.109. The number of halogens is 3. The van der Waals surface area contributed by atoms with Crippen LogP contribution in [0.2, 0.25) is 0 Å². The largest absolute Gasteiger partial charge is 0.482 e. The Bertz CT molecular complexity index is 1230. The molecule has 0 amide bonds. The third-order valence-electron chi connectivity index (χ3n) is 5.96. The van der Waals surface area contributed by atoms with Crippen LogP contribution in [0.5, 0.6) is 5.75 Å². The number of aliphatic carboxylic acids is 1. The second-order valence-electron chi connectivity index (χ2n) is 8.89. The molecule has 1 heterocycles. The number of hydrogen-bond donors (Lipinski definition) is 1. The van der Waals surface area contributed by atoms with Crippen LogP contribution in [0.3, 0.4) is 0 Å². The van der Waals surface area contributed by atoms with Gasteiger partial charge < -0.3 is 9.84 Å². The van der Waals surface area contributed by atoms with Gasteiger partial charge in [-0.2, -0.15) is 13.2 Å². The third kappa shape index (κ3) is 6.37. The minimum atomic E-state index is -4.38. The van der Waals surface area contributed by atoms with Gasteiger partial charge in [-0.25, -0.2) is 14.8 Å². The standard InChI is InChI=1S/C27H27F3N2O3S/c1-3-4-23(36-20-11-12-22(16(2)13-20)35-15-24(33)34)21-14-31-26(32-25(21)17-5-6-17)18-7-9-19(10-8-18)27(28,29)30/h7-14,17,23H,3-6,15H2,1-2H3,(H,33,34). The summed E-state index contributed by atoms with van der Waals surface area (Å²) in [7, 11) is 0. The molecular formula is C27H27F3N2O3S. The minimum Gasteiger partial charge on any atom is -0.482 e. The molecule has 1 fully saturated rings. The number of benzene rings is 2. The van der Waals surface area contributed by atoms with E-state index < -0.39 is 17.7 Å². The van der Waals surface area contributed by atoms with E-state index >= 15 is 0 Å². The van der Waals surface area contributed by atoms with Crippen LogP contribution >= 0.6 is 11.8 Å². The van der Waals surface area contributed by atoms with Gasteiger partial charge in [-0.05, 0) is 62.1 Å². The van der Waals surface area contributed by atoms with Crippen molar-refractivity contribution in [3.63, 3.8) is 0 Å². The zero-order valence-corrected chi connectivity index (χ0v) is 20.8. The fourth-order valence-corrected chi connectivity index (χ4v) is 5.37. The van der Waals surface area contributed by atoms with Gasteiger partial charge in [0, 0.05) is 33.4 Å². The van der Waals surface area contributed by atoms with E-state index in [4.69, 9.17) is 14.8 Å². The number of aryl methyl sites for hydroxylation is 1. The zero-order chi connectivity index (χ0) is 25.9. The summed E-state index contributed by atoms with van der Waals surface area (Å²) in [5.74, 6) is 0.287. The first kappa shape index (κ1) is 26.0. The Labute approximate surface area is 212 Å². The Morgan fingerprint density at radius 3 is 2.50 bits per heavy atom. The van der Waals surface area contributed by atoms with E-state index in [0.717, 1.165) is 59.5 Å². The summed E-state index contributed by atoms with van der Waals surface area (Å²) in [6, 6.07) is 10.7. The van der Waals surface area contributed by atoms with Gasteiger partial charge in [-0.3, -0.25) is 0 Å². The smallest absolute Gasteiger partial charge is 0.416 e. The van der Waals surface area contributed by atoms with Crippen LogP contribution in [0.15, 0.2) is 53.6 Å². The first-order chi connectivity index (χ1) is 17.2. The normalized spacial score (nSPS) is 14.5. The van der Waals surface area contributed by atoms with Crippen molar-refractivity contribution in [1.82, 2.24) is 9.97 Å². The highest BCUT2D eigenvalue weighted by molar-refractivity contribution is 7.99. The van der Waals surface area contributed by atoms with Gasteiger partial charge in [-0.1, -0.05) is 25.5 Å². The van der Waals surface area contributed by atoms with Crippen molar-refractivity contribution in [1.29, 1.82) is 0 Å². The number of alkyl halides is 3. The molecule has 1 aliphatic carbocycles. The Kier molecular flexibility index (Phi) is 7.88. The molecule has 190 valence electrons. The fraction of sp³-hybridized carbons (Fsp3) is 0.370. The van der Waals surface area contributed by atoms with Crippen LogP contribution < -0.4 is 4.74 Å². The molecule has 4 rings (SSSR count). The third-order valence-corrected chi connectivity index (χ3v) is 7.26. The Hall–Kier alpha value is -3.07. The predicted molar refractivity (Wildman–Crippen MR) is 132 cm³/mol. The Balaban J connectivity index is 1.60. The van der Waals surface area contributed by atoms with Crippen LogP contribution in [0.25, 0.3) is 11.4 Å². The van der Waals surface area contributed by atoms with Crippen molar-refractivity contribution in [2.24, 2.45) is 0 Å². The lowest BCUT2D eigenvalue weighted by Gasteiger charge is -2.20. The highest BCUT2D eigenvalue weighted by Gasteiger charge is 2.32. The van der Waals surface area contributed by atoms with E-state index in [2.05, 4.69) is 11.9 Å². The fourth-order valence-electron chi connectivity index (χ4n) is 3.98. The molecule has 1 saturated carbocycles. The predicted octanol–water partition coefficient (Wildman–Crippen LogP) is 7.45. The van der Waals surface area contributed by atoms with Gasteiger partial charge in [0.1, 0.15) is 5.75 Å². The topological polar surface area (TPSA) is 72.3 Å². The second kappa shape index (κ2) is 10.9. The summed E-state index contributed by atoms with van der Waals surface area (Å²) in [4.78, 5) is 21.2. The van der Waals surface area contributed by atoms with Crippen molar-refractivity contribution in [2.75, 3.05) is 6.61 Å². The molecule has 0 bridgehead atoms. The van der Waals surface area contributed by atoms with Crippen molar-refractivity contribution < 1.29 is 27.8 Å². The number of carboxylic acids is 1. The highest BCUT2D eigenvalue weighted by atomic mass is 32.2. The summed E-state index contributed by atoms with van der Waals surface area (Å²) in [6.07, 6.45) is 1.39. The monoisotopic (exact) mass is 516 g/mol. The molecule has 0 saturated heterocycles. The second-order valence-corrected chi connectivity index (χ2v) is 10.2. The highest BCUT2D eigenvalue weighted by Crippen LogP contribution is 2.47. The van der Waals surface area contributed by atoms with E-state index in [0.29, 0.717) is 23.1 Å². The van der Waals surface area contributed by atoms with Crippen molar-refractivity contribution >= 4 is 17.7 Å². The summed E-state index contributed by atoms with van der Waals surface area (Å²) in [5.41, 5.74) is 2.75. The molecule has 9 heteroatoms. The quantitative estimate of drug-likeness (QED) is 0.282. The van der Waals surface area contributed by atoms with Crippen LogP contribution in [0.4, 0.5) is 13.2 Å². The number of thioether (sulfide) groups is 1. The molecule has 1 unspecified atom stereocenters. The molecule has 0 aliphatic heterocycles.